The second-order valence-electron chi connectivity index (χ2n) is 5.74. The highest BCUT2D eigenvalue weighted by molar-refractivity contribution is 7.97. The van der Waals surface area contributed by atoms with Crippen LogP contribution in [0, 0.1) is 5.41 Å². The molecule has 1 aromatic carbocycles. The Labute approximate surface area is 124 Å². The zero-order chi connectivity index (χ0) is 15.3. The summed E-state index contributed by atoms with van der Waals surface area (Å²) in [6.07, 6.45) is 2.02. The van der Waals surface area contributed by atoms with E-state index in [0.29, 0.717) is 5.56 Å². The van der Waals surface area contributed by atoms with Gasteiger partial charge in [0.15, 0.2) is 0 Å². The molecule has 1 aromatic rings. The standard InChI is InChI=1S/C15H21NO3S/c1-15(2,3)12(14(18)19)16-13(17)11-7-5-10(6-8-11)9-20-4/h5-8,12H,9H2,1-4H3,(H,16,17)(H,18,19). The van der Waals surface area contributed by atoms with Crippen LogP contribution in [0.15, 0.2) is 24.3 Å². The van der Waals surface area contributed by atoms with Crippen molar-refractivity contribution in [3.63, 3.8) is 0 Å². The molecule has 0 aliphatic heterocycles. The lowest BCUT2D eigenvalue weighted by atomic mass is 9.86. The van der Waals surface area contributed by atoms with E-state index in [0.717, 1.165) is 11.3 Å². The molecule has 110 valence electrons. The summed E-state index contributed by atoms with van der Waals surface area (Å²) >= 11 is 1.71. The maximum atomic E-state index is 12.1. The second kappa shape index (κ2) is 6.79. The smallest absolute Gasteiger partial charge is 0.326 e. The summed E-state index contributed by atoms with van der Waals surface area (Å²) in [6, 6.07) is 6.31. The molecule has 20 heavy (non-hydrogen) atoms. The van der Waals surface area contributed by atoms with Gasteiger partial charge in [-0.1, -0.05) is 32.9 Å². The molecule has 0 saturated carbocycles. The fraction of sp³-hybridized carbons (Fsp3) is 0.467. The molecule has 0 aliphatic rings. The average Bonchev–Trinajstić information content (AvgIpc) is 2.35. The van der Waals surface area contributed by atoms with Gasteiger partial charge < -0.3 is 10.4 Å². The van der Waals surface area contributed by atoms with Crippen LogP contribution < -0.4 is 5.32 Å². The van der Waals surface area contributed by atoms with Crippen LogP contribution >= 0.6 is 11.8 Å². The number of amides is 1. The Morgan fingerprint density at radius 3 is 2.20 bits per heavy atom. The Morgan fingerprint density at radius 2 is 1.80 bits per heavy atom. The first-order chi connectivity index (χ1) is 9.25. The molecule has 4 nitrogen and oxygen atoms in total. The van der Waals surface area contributed by atoms with Crippen LogP contribution in [0.2, 0.25) is 0 Å². The highest BCUT2D eigenvalue weighted by atomic mass is 32.2. The van der Waals surface area contributed by atoms with Gasteiger partial charge >= 0.3 is 5.97 Å². The third-order valence-corrected chi connectivity index (χ3v) is 3.54. The minimum Gasteiger partial charge on any atom is -0.480 e. The quantitative estimate of drug-likeness (QED) is 0.876. The first-order valence-corrected chi connectivity index (χ1v) is 7.76. The van der Waals surface area contributed by atoms with Crippen LogP contribution in [-0.4, -0.2) is 29.3 Å². The van der Waals surface area contributed by atoms with E-state index in [1.807, 2.05) is 18.4 Å². The summed E-state index contributed by atoms with van der Waals surface area (Å²) in [5.41, 5.74) is 1.07. The van der Waals surface area contributed by atoms with Gasteiger partial charge in [-0.25, -0.2) is 4.79 Å². The molecular weight excluding hydrogens is 274 g/mol. The number of carboxylic acid groups (broad SMARTS) is 1. The van der Waals surface area contributed by atoms with Gasteiger partial charge in [0.2, 0.25) is 0 Å². The summed E-state index contributed by atoms with van der Waals surface area (Å²) in [6.45, 7) is 5.36. The molecule has 0 aromatic heterocycles. The van der Waals surface area contributed by atoms with E-state index >= 15 is 0 Å². The molecule has 0 spiro atoms. The Kier molecular flexibility index (Phi) is 5.62. The molecule has 0 fully saturated rings. The predicted octanol–water partition coefficient (Wildman–Crippen LogP) is 2.78. The molecule has 1 rings (SSSR count). The molecule has 5 heteroatoms. The molecule has 0 radical (unpaired) electrons. The van der Waals surface area contributed by atoms with Crippen molar-refractivity contribution >= 4 is 23.6 Å². The monoisotopic (exact) mass is 295 g/mol. The average molecular weight is 295 g/mol. The molecule has 0 aliphatic carbocycles. The number of hydrogen-bond acceptors (Lipinski definition) is 3. The largest absolute Gasteiger partial charge is 0.480 e. The summed E-state index contributed by atoms with van der Waals surface area (Å²) in [5, 5.41) is 11.8. The lowest BCUT2D eigenvalue weighted by molar-refractivity contribution is -0.142. The lowest BCUT2D eigenvalue weighted by Gasteiger charge is -2.27. The van der Waals surface area contributed by atoms with Crippen molar-refractivity contribution in [2.24, 2.45) is 5.41 Å². The minimum atomic E-state index is -1.02. The molecule has 1 amide bonds. The zero-order valence-corrected chi connectivity index (χ0v) is 13.1. The second-order valence-corrected chi connectivity index (χ2v) is 6.61. The Hall–Kier alpha value is -1.49. The van der Waals surface area contributed by atoms with Crippen LogP contribution in [-0.2, 0) is 10.5 Å². The summed E-state index contributed by atoms with van der Waals surface area (Å²) in [7, 11) is 0. The summed E-state index contributed by atoms with van der Waals surface area (Å²) in [5.74, 6) is -0.491. The van der Waals surface area contributed by atoms with Crippen LogP contribution in [0.4, 0.5) is 0 Å². The highest BCUT2D eigenvalue weighted by Crippen LogP contribution is 2.20. The Morgan fingerprint density at radius 1 is 1.25 bits per heavy atom. The highest BCUT2D eigenvalue weighted by Gasteiger charge is 2.32. The summed E-state index contributed by atoms with van der Waals surface area (Å²) in [4.78, 5) is 23.3. The first-order valence-electron chi connectivity index (χ1n) is 6.37. The van der Waals surface area contributed by atoms with Crippen molar-refractivity contribution < 1.29 is 14.7 Å². The molecule has 1 atom stereocenters. The van der Waals surface area contributed by atoms with Crippen LogP contribution in [0.5, 0.6) is 0 Å². The SMILES string of the molecule is CSCc1ccc(C(=O)NC(C(=O)O)C(C)(C)C)cc1. The number of thioether (sulfide) groups is 1. The molecule has 1 unspecified atom stereocenters. The Balaban J connectivity index is 2.81. The minimum absolute atomic E-state index is 0.358. The molecule has 0 heterocycles. The molecule has 0 bridgehead atoms. The number of hydrogen-bond donors (Lipinski definition) is 2. The van der Waals surface area contributed by atoms with E-state index in [2.05, 4.69) is 5.32 Å². The number of aliphatic carboxylic acids is 1. The Bertz CT molecular complexity index is 477. The lowest BCUT2D eigenvalue weighted by Crippen LogP contribution is -2.49. The van der Waals surface area contributed by atoms with E-state index in [9.17, 15) is 14.7 Å². The third kappa shape index (κ3) is 4.56. The van der Waals surface area contributed by atoms with Gasteiger partial charge in [0.1, 0.15) is 6.04 Å². The van der Waals surface area contributed by atoms with Crippen molar-refractivity contribution in [3.05, 3.63) is 35.4 Å². The normalized spacial score (nSPS) is 12.8. The predicted molar refractivity (Wildman–Crippen MR) is 82.0 cm³/mol. The topological polar surface area (TPSA) is 66.4 Å². The molecule has 2 N–H and O–H groups in total. The third-order valence-electron chi connectivity index (χ3n) is 2.92. The van der Waals surface area contributed by atoms with E-state index in [4.69, 9.17) is 0 Å². The van der Waals surface area contributed by atoms with E-state index in [1.165, 1.54) is 0 Å². The number of benzene rings is 1. The fourth-order valence-electron chi connectivity index (χ4n) is 1.78. The first kappa shape index (κ1) is 16.6. The fourth-order valence-corrected chi connectivity index (χ4v) is 2.31. The van der Waals surface area contributed by atoms with Crippen molar-refractivity contribution in [2.45, 2.75) is 32.6 Å². The van der Waals surface area contributed by atoms with Gasteiger partial charge in [-0.15, -0.1) is 0 Å². The van der Waals surface area contributed by atoms with E-state index in [-0.39, 0.29) is 5.91 Å². The van der Waals surface area contributed by atoms with Gasteiger partial charge in [-0.2, -0.15) is 11.8 Å². The number of nitrogens with one attached hydrogen (secondary N) is 1. The van der Waals surface area contributed by atoms with Crippen molar-refractivity contribution in [1.82, 2.24) is 5.32 Å². The molecular formula is C15H21NO3S. The molecule has 0 saturated heterocycles. The number of carboxylic acids is 1. The maximum absolute atomic E-state index is 12.1. The van der Waals surface area contributed by atoms with E-state index in [1.54, 1.807) is 44.7 Å². The summed E-state index contributed by atoms with van der Waals surface area (Å²) < 4.78 is 0. The van der Waals surface area contributed by atoms with Gasteiger partial charge in [0.25, 0.3) is 5.91 Å². The maximum Gasteiger partial charge on any atom is 0.326 e. The van der Waals surface area contributed by atoms with Crippen molar-refractivity contribution in [3.8, 4) is 0 Å². The van der Waals surface area contributed by atoms with Crippen molar-refractivity contribution in [1.29, 1.82) is 0 Å². The van der Waals surface area contributed by atoms with Gasteiger partial charge in [-0.05, 0) is 29.4 Å². The van der Waals surface area contributed by atoms with Gasteiger partial charge in [-0.3, -0.25) is 4.79 Å². The van der Waals surface area contributed by atoms with Crippen LogP contribution in [0.1, 0.15) is 36.7 Å². The van der Waals surface area contributed by atoms with Gasteiger partial charge in [0.05, 0.1) is 0 Å². The number of rotatable bonds is 5. The van der Waals surface area contributed by atoms with Crippen LogP contribution in [0.25, 0.3) is 0 Å². The van der Waals surface area contributed by atoms with Gasteiger partial charge in [0, 0.05) is 11.3 Å². The zero-order valence-electron chi connectivity index (χ0n) is 12.3. The number of carbonyl (C=O) groups is 2. The van der Waals surface area contributed by atoms with Crippen molar-refractivity contribution in [2.75, 3.05) is 6.26 Å². The van der Waals surface area contributed by atoms with E-state index < -0.39 is 17.4 Å². The number of carbonyl (C=O) groups excluding carboxylic acids is 1. The van der Waals surface area contributed by atoms with Crippen LogP contribution in [0.3, 0.4) is 0 Å².